The van der Waals surface area contributed by atoms with Gasteiger partial charge in [-0.25, -0.2) is 4.98 Å². The molecule has 2 aromatic heterocycles. The van der Waals surface area contributed by atoms with Gasteiger partial charge in [-0.3, -0.25) is 9.78 Å². The number of rotatable bonds is 5. The highest BCUT2D eigenvalue weighted by molar-refractivity contribution is 7.98. The smallest absolute Gasteiger partial charge is 0.251 e. The molecular formula is C19H20N4OS. The van der Waals surface area contributed by atoms with E-state index in [-0.39, 0.29) is 5.91 Å². The molecule has 25 heavy (non-hydrogen) atoms. The number of hydrogen-bond acceptors (Lipinski definition) is 4. The minimum Gasteiger partial charge on any atom is -0.349 e. The Balaban J connectivity index is 1.35. The number of aromatic amines is 1. The lowest BCUT2D eigenvalue weighted by Crippen LogP contribution is -2.32. The largest absolute Gasteiger partial charge is 0.349 e. The predicted octanol–water partition coefficient (Wildman–Crippen LogP) is 3.92. The van der Waals surface area contributed by atoms with Gasteiger partial charge in [0.15, 0.2) is 5.16 Å². The summed E-state index contributed by atoms with van der Waals surface area (Å²) >= 11 is 1.64. The molecule has 1 aromatic carbocycles. The van der Waals surface area contributed by atoms with Gasteiger partial charge in [0.05, 0.1) is 17.2 Å². The van der Waals surface area contributed by atoms with Gasteiger partial charge < -0.3 is 10.3 Å². The standard InChI is InChI=1S/C19H20N4OS/c24-18(21-15-3-1-2-4-15)14-7-5-13(6-8-14)12-25-19-22-16-9-10-20-11-17(16)23-19/h5-11,15H,1-4,12H2,(H,21,24)(H,22,23). The molecule has 1 aliphatic carbocycles. The Morgan fingerprint density at radius 1 is 1.20 bits per heavy atom. The maximum Gasteiger partial charge on any atom is 0.251 e. The number of aromatic nitrogens is 3. The van der Waals surface area contributed by atoms with E-state index >= 15 is 0 Å². The van der Waals surface area contributed by atoms with Gasteiger partial charge in [0.25, 0.3) is 5.91 Å². The fraction of sp³-hybridized carbons (Fsp3) is 0.316. The van der Waals surface area contributed by atoms with E-state index in [1.807, 2.05) is 30.3 Å². The van der Waals surface area contributed by atoms with Crippen LogP contribution in [0.15, 0.2) is 47.9 Å². The molecule has 3 aromatic rings. The topological polar surface area (TPSA) is 70.7 Å². The van der Waals surface area contributed by atoms with Crippen molar-refractivity contribution in [3.8, 4) is 0 Å². The van der Waals surface area contributed by atoms with Crippen molar-refractivity contribution < 1.29 is 4.79 Å². The average Bonchev–Trinajstić information content (AvgIpc) is 3.29. The zero-order chi connectivity index (χ0) is 17.1. The van der Waals surface area contributed by atoms with Crippen LogP contribution in [0.1, 0.15) is 41.6 Å². The van der Waals surface area contributed by atoms with Crippen LogP contribution < -0.4 is 5.32 Å². The van der Waals surface area contributed by atoms with Gasteiger partial charge in [0, 0.05) is 23.6 Å². The van der Waals surface area contributed by atoms with Crippen LogP contribution in [0.2, 0.25) is 0 Å². The SMILES string of the molecule is O=C(NC1CCCC1)c1ccc(CSc2nc3ccncc3[nH]2)cc1. The van der Waals surface area contributed by atoms with Crippen LogP contribution >= 0.6 is 11.8 Å². The fourth-order valence-corrected chi connectivity index (χ4v) is 3.99. The number of nitrogens with zero attached hydrogens (tertiary/aromatic N) is 2. The minimum atomic E-state index is 0.0379. The average molecular weight is 352 g/mol. The van der Waals surface area contributed by atoms with Gasteiger partial charge in [-0.05, 0) is 36.6 Å². The summed E-state index contributed by atoms with van der Waals surface area (Å²) < 4.78 is 0. The molecule has 0 unspecified atom stereocenters. The third kappa shape index (κ3) is 3.85. The third-order valence-electron chi connectivity index (χ3n) is 4.54. The predicted molar refractivity (Wildman–Crippen MR) is 99.6 cm³/mol. The summed E-state index contributed by atoms with van der Waals surface area (Å²) in [6.07, 6.45) is 8.18. The van der Waals surface area contributed by atoms with Crippen molar-refractivity contribution in [2.24, 2.45) is 0 Å². The molecule has 2 heterocycles. The van der Waals surface area contributed by atoms with Crippen molar-refractivity contribution in [2.45, 2.75) is 42.6 Å². The van der Waals surface area contributed by atoms with E-state index in [0.29, 0.717) is 6.04 Å². The van der Waals surface area contributed by atoms with Crippen LogP contribution in [0, 0.1) is 0 Å². The first kappa shape index (κ1) is 16.1. The van der Waals surface area contributed by atoms with Crippen LogP contribution in [0.4, 0.5) is 0 Å². The molecule has 0 radical (unpaired) electrons. The Labute approximate surface area is 150 Å². The van der Waals surface area contributed by atoms with Crippen molar-refractivity contribution in [2.75, 3.05) is 0 Å². The van der Waals surface area contributed by atoms with E-state index in [0.717, 1.165) is 40.3 Å². The molecule has 2 N–H and O–H groups in total. The molecule has 0 bridgehead atoms. The Kier molecular flexibility index (Phi) is 4.70. The quantitative estimate of drug-likeness (QED) is 0.683. The second-order valence-corrected chi connectivity index (χ2v) is 7.34. The van der Waals surface area contributed by atoms with Crippen LogP contribution in [0.5, 0.6) is 0 Å². The lowest BCUT2D eigenvalue weighted by Gasteiger charge is -2.12. The number of imidazole rings is 1. The van der Waals surface area contributed by atoms with Crippen LogP contribution in [-0.4, -0.2) is 26.9 Å². The minimum absolute atomic E-state index is 0.0379. The highest BCUT2D eigenvalue weighted by atomic mass is 32.2. The zero-order valence-corrected chi connectivity index (χ0v) is 14.7. The molecule has 4 rings (SSSR count). The van der Waals surface area contributed by atoms with Gasteiger partial charge in [-0.2, -0.15) is 0 Å². The van der Waals surface area contributed by atoms with Gasteiger partial charge >= 0.3 is 0 Å². The maximum absolute atomic E-state index is 12.3. The number of amides is 1. The van der Waals surface area contributed by atoms with Gasteiger partial charge in [0.2, 0.25) is 0 Å². The second-order valence-electron chi connectivity index (χ2n) is 6.38. The van der Waals surface area contributed by atoms with Crippen molar-refractivity contribution >= 4 is 28.7 Å². The first-order valence-electron chi connectivity index (χ1n) is 8.60. The molecule has 0 aliphatic heterocycles. The molecule has 128 valence electrons. The monoisotopic (exact) mass is 352 g/mol. The summed E-state index contributed by atoms with van der Waals surface area (Å²) in [5, 5.41) is 4.00. The molecule has 5 nitrogen and oxygen atoms in total. The number of thioether (sulfide) groups is 1. The molecule has 0 atom stereocenters. The second kappa shape index (κ2) is 7.27. The Morgan fingerprint density at radius 3 is 2.76 bits per heavy atom. The number of H-pyrrole nitrogens is 1. The number of pyridine rings is 1. The molecular weight excluding hydrogens is 332 g/mol. The van der Waals surface area contributed by atoms with Crippen molar-refractivity contribution in [1.29, 1.82) is 0 Å². The third-order valence-corrected chi connectivity index (χ3v) is 5.49. The summed E-state index contributed by atoms with van der Waals surface area (Å²) in [4.78, 5) is 24.1. The summed E-state index contributed by atoms with van der Waals surface area (Å²) in [7, 11) is 0. The summed E-state index contributed by atoms with van der Waals surface area (Å²) in [6.45, 7) is 0. The van der Waals surface area contributed by atoms with Crippen molar-refractivity contribution in [3.05, 3.63) is 53.9 Å². The van der Waals surface area contributed by atoms with E-state index in [9.17, 15) is 4.79 Å². The fourth-order valence-electron chi connectivity index (χ4n) is 3.14. The molecule has 0 saturated heterocycles. The van der Waals surface area contributed by atoms with Crippen LogP contribution in [-0.2, 0) is 5.75 Å². The van der Waals surface area contributed by atoms with Gasteiger partial charge in [-0.15, -0.1) is 0 Å². The number of carbonyl (C=O) groups is 1. The molecule has 1 amide bonds. The Bertz CT molecular complexity index is 836. The number of nitrogens with one attached hydrogen (secondary N) is 2. The van der Waals surface area contributed by atoms with E-state index in [2.05, 4.69) is 20.3 Å². The van der Waals surface area contributed by atoms with E-state index in [4.69, 9.17) is 0 Å². The van der Waals surface area contributed by atoms with Gasteiger partial charge in [0.1, 0.15) is 0 Å². The molecule has 6 heteroatoms. The number of benzene rings is 1. The highest BCUT2D eigenvalue weighted by Gasteiger charge is 2.17. The first-order valence-corrected chi connectivity index (χ1v) is 9.59. The Morgan fingerprint density at radius 2 is 2.00 bits per heavy atom. The lowest BCUT2D eigenvalue weighted by molar-refractivity contribution is 0.0938. The maximum atomic E-state index is 12.3. The molecule has 1 aliphatic rings. The van der Waals surface area contributed by atoms with Crippen LogP contribution in [0.3, 0.4) is 0 Å². The number of fused-ring (bicyclic) bond motifs is 1. The molecule has 1 fully saturated rings. The molecule has 0 spiro atoms. The Hall–Kier alpha value is -2.34. The number of hydrogen-bond donors (Lipinski definition) is 2. The van der Waals surface area contributed by atoms with Crippen molar-refractivity contribution in [1.82, 2.24) is 20.3 Å². The zero-order valence-electron chi connectivity index (χ0n) is 13.9. The lowest BCUT2D eigenvalue weighted by atomic mass is 10.1. The van der Waals surface area contributed by atoms with Gasteiger partial charge in [-0.1, -0.05) is 36.7 Å². The highest BCUT2D eigenvalue weighted by Crippen LogP contribution is 2.23. The normalized spacial score (nSPS) is 14.9. The van der Waals surface area contributed by atoms with E-state index < -0.39 is 0 Å². The van der Waals surface area contributed by atoms with E-state index in [1.165, 1.54) is 18.4 Å². The van der Waals surface area contributed by atoms with E-state index in [1.54, 1.807) is 24.2 Å². The summed E-state index contributed by atoms with van der Waals surface area (Å²) in [5.41, 5.74) is 3.77. The van der Waals surface area contributed by atoms with Crippen molar-refractivity contribution in [3.63, 3.8) is 0 Å². The van der Waals surface area contributed by atoms with Crippen LogP contribution in [0.25, 0.3) is 11.0 Å². The first-order chi connectivity index (χ1) is 12.3. The summed E-state index contributed by atoms with van der Waals surface area (Å²) in [6, 6.07) is 10.1. The molecule has 1 saturated carbocycles. The number of carbonyl (C=O) groups excluding carboxylic acids is 1. The summed E-state index contributed by atoms with van der Waals surface area (Å²) in [5.74, 6) is 0.841.